The highest BCUT2D eigenvalue weighted by molar-refractivity contribution is 7.13. The molecule has 0 fully saturated rings. The maximum absolute atomic E-state index is 12.8. The third-order valence-corrected chi connectivity index (χ3v) is 5.65. The lowest BCUT2D eigenvalue weighted by molar-refractivity contribution is -0.672. The van der Waals surface area contributed by atoms with E-state index in [1.165, 1.54) is 0 Å². The average molecular weight is 422 g/mol. The largest absolute Gasteiger partial charge is 0.497 e. The first-order valence-electron chi connectivity index (χ1n) is 9.01. The number of nitrogens with zero attached hydrogens (tertiary/aromatic N) is 2. The van der Waals surface area contributed by atoms with Crippen molar-refractivity contribution < 1.29 is 14.1 Å². The number of hydrogen-bond acceptors (Lipinski definition) is 4. The molecule has 4 aromatic rings. The summed E-state index contributed by atoms with van der Waals surface area (Å²) in [5, 5.41) is 3.57. The summed E-state index contributed by atoms with van der Waals surface area (Å²) in [5.74, 6) is 0.756. The fourth-order valence-electron chi connectivity index (χ4n) is 2.98. The molecule has 0 amide bonds. The van der Waals surface area contributed by atoms with Crippen LogP contribution in [0.5, 0.6) is 5.75 Å². The molecule has 0 atom stereocenters. The van der Waals surface area contributed by atoms with E-state index in [0.717, 1.165) is 27.7 Å². The van der Waals surface area contributed by atoms with Gasteiger partial charge in [-0.15, -0.1) is 11.3 Å². The lowest BCUT2D eigenvalue weighted by atomic mass is 10.1. The molecular formula is C23H18ClN2O2S+. The number of rotatable bonds is 6. The van der Waals surface area contributed by atoms with Crippen molar-refractivity contribution in [1.29, 1.82) is 0 Å². The van der Waals surface area contributed by atoms with Crippen LogP contribution in [0.4, 0.5) is 0 Å². The van der Waals surface area contributed by atoms with E-state index < -0.39 is 0 Å². The molecule has 0 aliphatic carbocycles. The van der Waals surface area contributed by atoms with E-state index in [-0.39, 0.29) is 12.3 Å². The molecule has 0 saturated carbocycles. The molecule has 2 heterocycles. The summed E-state index contributed by atoms with van der Waals surface area (Å²) in [4.78, 5) is 17.5. The van der Waals surface area contributed by atoms with Crippen molar-refractivity contribution in [3.8, 4) is 27.7 Å². The van der Waals surface area contributed by atoms with Gasteiger partial charge in [-0.2, -0.15) is 4.57 Å². The number of carbonyl (C=O) groups is 1. The van der Waals surface area contributed by atoms with E-state index in [9.17, 15) is 4.79 Å². The molecule has 6 heteroatoms. The van der Waals surface area contributed by atoms with Gasteiger partial charge in [-0.25, -0.2) is 4.98 Å². The zero-order valence-corrected chi connectivity index (χ0v) is 17.3. The molecule has 2 aromatic carbocycles. The van der Waals surface area contributed by atoms with Gasteiger partial charge in [0, 0.05) is 33.7 Å². The number of thiazole rings is 1. The lowest BCUT2D eigenvalue weighted by Crippen LogP contribution is -2.39. The summed E-state index contributed by atoms with van der Waals surface area (Å²) < 4.78 is 7.09. The zero-order chi connectivity index (χ0) is 20.2. The minimum atomic E-state index is 0.0274. The topological polar surface area (TPSA) is 43.1 Å². The minimum Gasteiger partial charge on any atom is -0.497 e. The van der Waals surface area contributed by atoms with Crippen LogP contribution in [0.25, 0.3) is 22.0 Å². The van der Waals surface area contributed by atoms with Crippen molar-refractivity contribution in [2.45, 2.75) is 6.54 Å². The minimum absolute atomic E-state index is 0.0274. The standard InChI is InChI=1S/C23H18ClN2O2S/c1-28-19-11-7-17(8-12-19)22(27)14-26-13-3-2-4-21(26)23-25-20(15-29-23)16-5-9-18(24)10-6-16/h2-13,15H,14H2,1H3/q+1. The van der Waals surface area contributed by atoms with Crippen LogP contribution in [0.1, 0.15) is 10.4 Å². The second-order valence-corrected chi connectivity index (χ2v) is 7.70. The summed E-state index contributed by atoms with van der Waals surface area (Å²) in [6.07, 6.45) is 1.90. The van der Waals surface area contributed by atoms with Crippen molar-refractivity contribution in [3.05, 3.63) is 88.9 Å². The van der Waals surface area contributed by atoms with Gasteiger partial charge in [-0.1, -0.05) is 23.7 Å². The third-order valence-electron chi connectivity index (χ3n) is 4.53. The predicted molar refractivity (Wildman–Crippen MR) is 116 cm³/mol. The highest BCUT2D eigenvalue weighted by Gasteiger charge is 2.20. The van der Waals surface area contributed by atoms with Gasteiger partial charge in [0.05, 0.1) is 12.8 Å². The molecule has 0 saturated heterocycles. The van der Waals surface area contributed by atoms with Crippen molar-refractivity contribution >= 4 is 28.7 Å². The summed E-state index contributed by atoms with van der Waals surface area (Å²) in [6.45, 7) is 0.234. The van der Waals surface area contributed by atoms with Crippen LogP contribution < -0.4 is 9.30 Å². The lowest BCUT2D eigenvalue weighted by Gasteiger charge is -2.03. The predicted octanol–water partition coefficient (Wildman–Crippen LogP) is 5.31. The molecule has 0 spiro atoms. The summed E-state index contributed by atoms with van der Waals surface area (Å²) in [7, 11) is 1.61. The third kappa shape index (κ3) is 4.36. The maximum atomic E-state index is 12.8. The van der Waals surface area contributed by atoms with E-state index >= 15 is 0 Å². The Kier molecular flexibility index (Phi) is 5.69. The van der Waals surface area contributed by atoms with Crippen LogP contribution in [0.15, 0.2) is 78.3 Å². The monoisotopic (exact) mass is 421 g/mol. The second-order valence-electron chi connectivity index (χ2n) is 6.41. The van der Waals surface area contributed by atoms with E-state index in [2.05, 4.69) is 0 Å². The van der Waals surface area contributed by atoms with E-state index in [1.807, 2.05) is 58.6 Å². The van der Waals surface area contributed by atoms with E-state index in [4.69, 9.17) is 21.3 Å². The van der Waals surface area contributed by atoms with Crippen LogP contribution in [0.3, 0.4) is 0 Å². The molecule has 29 heavy (non-hydrogen) atoms. The molecule has 0 aliphatic heterocycles. The average Bonchev–Trinajstić information content (AvgIpc) is 3.25. The van der Waals surface area contributed by atoms with Gasteiger partial charge in [0.15, 0.2) is 11.2 Å². The van der Waals surface area contributed by atoms with Crippen LogP contribution in [0, 0.1) is 0 Å². The van der Waals surface area contributed by atoms with Crippen molar-refractivity contribution in [2.75, 3.05) is 7.11 Å². The van der Waals surface area contributed by atoms with Gasteiger partial charge >= 0.3 is 0 Å². The van der Waals surface area contributed by atoms with Gasteiger partial charge < -0.3 is 4.74 Å². The molecule has 4 nitrogen and oxygen atoms in total. The van der Waals surface area contributed by atoms with E-state index in [1.54, 1.807) is 42.7 Å². The molecule has 0 bridgehead atoms. The molecule has 0 aliphatic rings. The molecule has 0 unspecified atom stereocenters. The molecule has 144 valence electrons. The fourth-order valence-corrected chi connectivity index (χ4v) is 3.97. The van der Waals surface area contributed by atoms with Crippen molar-refractivity contribution in [1.82, 2.24) is 4.98 Å². The Morgan fingerprint density at radius 3 is 2.55 bits per heavy atom. The number of pyridine rings is 1. The molecule has 2 aromatic heterocycles. The van der Waals surface area contributed by atoms with Crippen LogP contribution in [-0.2, 0) is 6.54 Å². The Balaban J connectivity index is 1.60. The number of aromatic nitrogens is 2. The quantitative estimate of drug-likeness (QED) is 0.313. The number of carbonyl (C=O) groups excluding carboxylic acids is 1. The van der Waals surface area contributed by atoms with Gasteiger partial charge in [0.2, 0.25) is 18.0 Å². The Morgan fingerprint density at radius 2 is 1.83 bits per heavy atom. The van der Waals surface area contributed by atoms with Crippen molar-refractivity contribution in [3.63, 3.8) is 0 Å². The summed E-state index contributed by atoms with van der Waals surface area (Å²) >= 11 is 7.53. The highest BCUT2D eigenvalue weighted by Crippen LogP contribution is 2.28. The molecular weight excluding hydrogens is 404 g/mol. The number of ether oxygens (including phenoxy) is 1. The van der Waals surface area contributed by atoms with Gasteiger partial charge in [-0.05, 0) is 42.5 Å². The normalized spacial score (nSPS) is 10.7. The maximum Gasteiger partial charge on any atom is 0.241 e. The number of halogens is 1. The number of ketones is 1. The van der Waals surface area contributed by atoms with Crippen LogP contribution in [-0.4, -0.2) is 17.9 Å². The Hall–Kier alpha value is -3.02. The first-order valence-corrected chi connectivity index (χ1v) is 10.3. The highest BCUT2D eigenvalue weighted by atomic mass is 35.5. The molecule has 0 N–H and O–H groups in total. The zero-order valence-electron chi connectivity index (χ0n) is 15.7. The number of methoxy groups -OCH3 is 1. The molecule has 0 radical (unpaired) electrons. The Labute approximate surface area is 178 Å². The van der Waals surface area contributed by atoms with Gasteiger partial charge in [0.1, 0.15) is 5.75 Å². The summed E-state index contributed by atoms with van der Waals surface area (Å²) in [6, 6.07) is 20.6. The molecule has 4 rings (SSSR count). The second kappa shape index (κ2) is 8.55. The first kappa shape index (κ1) is 19.3. The van der Waals surface area contributed by atoms with E-state index in [0.29, 0.717) is 10.6 Å². The SMILES string of the molecule is COc1ccc(C(=O)C[n+]2ccccc2-c2nc(-c3ccc(Cl)cc3)cs2)cc1. The first-order chi connectivity index (χ1) is 14.1. The number of Topliss-reactive ketones (excluding diaryl/α,β-unsaturated/α-hetero) is 1. The summed E-state index contributed by atoms with van der Waals surface area (Å²) in [5.41, 5.74) is 3.45. The Morgan fingerprint density at radius 1 is 1.07 bits per heavy atom. The van der Waals surface area contributed by atoms with Gasteiger partial charge in [-0.3, -0.25) is 4.79 Å². The number of hydrogen-bond donors (Lipinski definition) is 0. The van der Waals surface area contributed by atoms with Gasteiger partial charge in [0.25, 0.3) is 0 Å². The smallest absolute Gasteiger partial charge is 0.241 e. The van der Waals surface area contributed by atoms with Crippen molar-refractivity contribution in [2.24, 2.45) is 0 Å². The Bertz CT molecular complexity index is 1140. The van der Waals surface area contributed by atoms with Crippen LogP contribution >= 0.6 is 22.9 Å². The van der Waals surface area contributed by atoms with Crippen LogP contribution in [0.2, 0.25) is 5.02 Å². The fraction of sp³-hybridized carbons (Fsp3) is 0.0870. The number of benzene rings is 2.